The molecule has 1 aromatic carbocycles. The minimum atomic E-state index is 0. The van der Waals surface area contributed by atoms with Crippen LogP contribution in [-0.2, 0) is 11.3 Å². The largest absolute Gasteiger partial charge is 0.352 e. The van der Waals surface area contributed by atoms with Crippen molar-refractivity contribution < 1.29 is 9.32 Å². The number of amides is 1. The van der Waals surface area contributed by atoms with E-state index in [1.165, 1.54) is 12.8 Å². The van der Waals surface area contributed by atoms with Crippen molar-refractivity contribution in [3.05, 3.63) is 35.2 Å². The molecule has 2 aliphatic rings. The number of nitrogens with one attached hydrogen (secondary N) is 2. The van der Waals surface area contributed by atoms with E-state index in [0.29, 0.717) is 35.1 Å². The highest BCUT2D eigenvalue weighted by molar-refractivity contribution is 14.0. The summed E-state index contributed by atoms with van der Waals surface area (Å²) in [6, 6.07) is 7.51. The van der Waals surface area contributed by atoms with Crippen molar-refractivity contribution in [2.45, 2.75) is 44.7 Å². The van der Waals surface area contributed by atoms with E-state index in [1.54, 1.807) is 19.2 Å². The molecule has 4 rings (SSSR count). The van der Waals surface area contributed by atoms with Gasteiger partial charge in [-0.1, -0.05) is 41.7 Å². The molecule has 8 nitrogen and oxygen atoms in total. The molecule has 0 radical (unpaired) electrons. The molecule has 1 unspecified atom stereocenters. The number of aromatic nitrogens is 2. The number of likely N-dealkylation sites (tertiary alicyclic amines) is 1. The van der Waals surface area contributed by atoms with E-state index >= 15 is 0 Å². The van der Waals surface area contributed by atoms with Gasteiger partial charge in [0.2, 0.25) is 17.6 Å². The molecule has 10 heteroatoms. The van der Waals surface area contributed by atoms with E-state index in [-0.39, 0.29) is 35.9 Å². The van der Waals surface area contributed by atoms with Gasteiger partial charge in [0.1, 0.15) is 0 Å². The van der Waals surface area contributed by atoms with Crippen molar-refractivity contribution >= 4 is 47.4 Å². The zero-order valence-corrected chi connectivity index (χ0v) is 20.6. The molecule has 2 aromatic rings. The highest BCUT2D eigenvalue weighted by Crippen LogP contribution is 2.27. The van der Waals surface area contributed by atoms with Gasteiger partial charge >= 0.3 is 0 Å². The first-order chi connectivity index (χ1) is 14.6. The van der Waals surface area contributed by atoms with Crippen LogP contribution in [-0.4, -0.2) is 53.1 Å². The van der Waals surface area contributed by atoms with Crippen molar-refractivity contribution in [1.29, 1.82) is 0 Å². The molecular formula is C21H28ClIN6O2. The Bertz CT molecular complexity index is 915. The Morgan fingerprint density at radius 3 is 2.87 bits per heavy atom. The third-order valence-corrected chi connectivity index (χ3v) is 5.96. The van der Waals surface area contributed by atoms with Gasteiger partial charge in [-0.3, -0.25) is 9.79 Å². The van der Waals surface area contributed by atoms with Crippen LogP contribution in [0.25, 0.3) is 11.4 Å². The smallest absolute Gasteiger partial charge is 0.246 e. The maximum atomic E-state index is 12.6. The van der Waals surface area contributed by atoms with E-state index in [0.717, 1.165) is 37.9 Å². The van der Waals surface area contributed by atoms with E-state index < -0.39 is 0 Å². The first-order valence-corrected chi connectivity index (χ1v) is 10.8. The second-order valence-corrected chi connectivity index (χ2v) is 8.28. The molecule has 0 bridgehead atoms. The minimum absolute atomic E-state index is 0. The van der Waals surface area contributed by atoms with E-state index in [2.05, 4.69) is 25.8 Å². The highest BCUT2D eigenvalue weighted by atomic mass is 127. The molecule has 1 atom stereocenters. The number of nitrogens with zero attached hydrogens (tertiary/aromatic N) is 4. The molecule has 1 aliphatic carbocycles. The van der Waals surface area contributed by atoms with Crippen LogP contribution in [0, 0.1) is 5.92 Å². The quantitative estimate of drug-likeness (QED) is 0.332. The minimum Gasteiger partial charge on any atom is -0.352 e. The van der Waals surface area contributed by atoms with E-state index in [1.807, 2.05) is 17.0 Å². The summed E-state index contributed by atoms with van der Waals surface area (Å²) < 4.78 is 5.33. The number of benzene rings is 1. The van der Waals surface area contributed by atoms with Gasteiger partial charge in [-0.2, -0.15) is 4.98 Å². The number of halogens is 2. The molecule has 1 saturated carbocycles. The van der Waals surface area contributed by atoms with Crippen molar-refractivity contribution in [2.75, 3.05) is 20.1 Å². The molecule has 1 amide bonds. The Morgan fingerprint density at radius 2 is 2.13 bits per heavy atom. The van der Waals surface area contributed by atoms with Crippen molar-refractivity contribution in [2.24, 2.45) is 10.9 Å². The number of carbonyl (C=O) groups is 1. The van der Waals surface area contributed by atoms with Crippen LogP contribution >= 0.6 is 35.6 Å². The molecule has 1 saturated heterocycles. The van der Waals surface area contributed by atoms with Gasteiger partial charge in [0.25, 0.3) is 0 Å². The number of hydrogen-bond acceptors (Lipinski definition) is 5. The zero-order valence-electron chi connectivity index (χ0n) is 17.5. The van der Waals surface area contributed by atoms with Crippen LogP contribution < -0.4 is 10.6 Å². The number of carbonyl (C=O) groups excluding carboxylic acids is 1. The first-order valence-electron chi connectivity index (χ1n) is 10.5. The summed E-state index contributed by atoms with van der Waals surface area (Å²) in [7, 11) is 1.72. The molecule has 31 heavy (non-hydrogen) atoms. The lowest BCUT2D eigenvalue weighted by atomic mass is 10.1. The molecule has 168 valence electrons. The van der Waals surface area contributed by atoms with Crippen LogP contribution in [0.1, 0.15) is 38.0 Å². The van der Waals surface area contributed by atoms with E-state index in [4.69, 9.17) is 16.1 Å². The lowest BCUT2D eigenvalue weighted by Crippen LogP contribution is -2.45. The molecule has 2 fully saturated rings. The second kappa shape index (κ2) is 11.1. The lowest BCUT2D eigenvalue weighted by molar-refractivity contribution is -0.134. The summed E-state index contributed by atoms with van der Waals surface area (Å²) in [4.78, 5) is 23.3. The topological polar surface area (TPSA) is 95.7 Å². The van der Waals surface area contributed by atoms with Gasteiger partial charge in [-0.15, -0.1) is 24.0 Å². The lowest BCUT2D eigenvalue weighted by Gasteiger charge is -2.21. The van der Waals surface area contributed by atoms with Crippen LogP contribution in [0.15, 0.2) is 33.8 Å². The summed E-state index contributed by atoms with van der Waals surface area (Å²) >= 11 is 6.02. The Morgan fingerprint density at radius 1 is 1.32 bits per heavy atom. The third-order valence-electron chi connectivity index (χ3n) is 5.73. The fourth-order valence-electron chi connectivity index (χ4n) is 4.13. The van der Waals surface area contributed by atoms with Gasteiger partial charge in [0.05, 0.1) is 6.54 Å². The first kappa shape index (κ1) is 23.8. The zero-order chi connectivity index (χ0) is 20.9. The maximum absolute atomic E-state index is 12.6. The predicted octanol–water partition coefficient (Wildman–Crippen LogP) is 3.46. The summed E-state index contributed by atoms with van der Waals surface area (Å²) in [5, 5.41) is 11.2. The highest BCUT2D eigenvalue weighted by Gasteiger charge is 2.32. The van der Waals surface area contributed by atoms with Gasteiger partial charge in [-0.05, 0) is 31.4 Å². The SMILES string of the molecule is CN=C(NCc1nc(-c2cccc(Cl)c2)no1)NC1CCN(C(=O)C2CCCC2)C1.I. The Hall–Kier alpha value is -1.88. The average Bonchev–Trinajstić information content (AvgIpc) is 3.52. The summed E-state index contributed by atoms with van der Waals surface area (Å²) in [5.41, 5.74) is 0.804. The normalized spacial score (nSPS) is 19.4. The number of rotatable bonds is 5. The fourth-order valence-corrected chi connectivity index (χ4v) is 4.32. The second-order valence-electron chi connectivity index (χ2n) is 7.84. The summed E-state index contributed by atoms with van der Waals surface area (Å²) in [5.74, 6) is 2.15. The Labute approximate surface area is 204 Å². The fraction of sp³-hybridized carbons (Fsp3) is 0.524. The van der Waals surface area contributed by atoms with E-state index in [9.17, 15) is 4.79 Å². The van der Waals surface area contributed by atoms with Crippen LogP contribution in [0.4, 0.5) is 0 Å². The molecule has 1 aromatic heterocycles. The standard InChI is InChI=1S/C21H27ClN6O2.HI/c1-23-21(25-17-9-10-28(13-17)20(29)14-5-2-3-6-14)24-12-18-26-19(27-30-18)15-7-4-8-16(22)11-15;/h4,7-8,11,14,17H,2-3,5-6,9-10,12-13H2,1H3,(H2,23,24,25);1H. The Kier molecular flexibility index (Phi) is 8.53. The molecular weight excluding hydrogens is 531 g/mol. The van der Waals surface area contributed by atoms with Crippen molar-refractivity contribution in [3.63, 3.8) is 0 Å². The van der Waals surface area contributed by atoms with Crippen molar-refractivity contribution in [1.82, 2.24) is 25.7 Å². The van der Waals surface area contributed by atoms with Gasteiger partial charge in [0.15, 0.2) is 5.96 Å². The molecule has 2 N–H and O–H groups in total. The number of guanidine groups is 1. The van der Waals surface area contributed by atoms with Crippen LogP contribution in [0.5, 0.6) is 0 Å². The number of aliphatic imine (C=N–C) groups is 1. The Balaban J connectivity index is 0.00000272. The van der Waals surface area contributed by atoms with Crippen LogP contribution in [0.3, 0.4) is 0 Å². The molecule has 0 spiro atoms. The molecule has 1 aliphatic heterocycles. The van der Waals surface area contributed by atoms with Crippen molar-refractivity contribution in [3.8, 4) is 11.4 Å². The van der Waals surface area contributed by atoms with Gasteiger partial charge in [0, 0.05) is 42.7 Å². The number of hydrogen-bond donors (Lipinski definition) is 2. The van der Waals surface area contributed by atoms with Gasteiger partial charge < -0.3 is 20.1 Å². The maximum Gasteiger partial charge on any atom is 0.246 e. The average molecular weight is 559 g/mol. The third kappa shape index (κ3) is 6.09. The summed E-state index contributed by atoms with van der Waals surface area (Å²) in [6.45, 7) is 1.87. The summed E-state index contributed by atoms with van der Waals surface area (Å²) in [6.07, 6.45) is 5.35. The van der Waals surface area contributed by atoms with Crippen LogP contribution in [0.2, 0.25) is 5.02 Å². The van der Waals surface area contributed by atoms with Gasteiger partial charge in [-0.25, -0.2) is 0 Å². The monoisotopic (exact) mass is 558 g/mol. The predicted molar refractivity (Wildman–Crippen MR) is 130 cm³/mol. The molecule has 2 heterocycles.